The molecule has 0 spiro atoms. The highest BCUT2D eigenvalue weighted by Gasteiger charge is 2.13. The number of hydrogen-bond donors (Lipinski definition) is 1. The third kappa shape index (κ3) is 4.68. The van der Waals surface area contributed by atoms with Gasteiger partial charge in [-0.2, -0.15) is 0 Å². The molecule has 0 aliphatic heterocycles. The van der Waals surface area contributed by atoms with Crippen LogP contribution in [-0.2, 0) is 13.6 Å². The van der Waals surface area contributed by atoms with Crippen LogP contribution in [0, 0.1) is 0 Å². The van der Waals surface area contributed by atoms with Crippen LogP contribution >= 0.6 is 11.7 Å². The van der Waals surface area contributed by atoms with Crippen LogP contribution < -0.4 is 0 Å². The summed E-state index contributed by atoms with van der Waals surface area (Å²) in [6, 6.07) is 9.54. The van der Waals surface area contributed by atoms with E-state index in [4.69, 9.17) is 4.74 Å². The first-order chi connectivity index (χ1) is 7.03. The summed E-state index contributed by atoms with van der Waals surface area (Å²) in [6.07, 6.45) is 0.236. The number of methoxy groups -OCH3 is 1. The maximum atomic E-state index is 10.9. The van der Waals surface area contributed by atoms with E-state index in [-0.39, 0.29) is 11.9 Å². The monoisotopic (exact) mass is 246 g/mol. The van der Waals surface area contributed by atoms with E-state index in [9.17, 15) is 8.42 Å². The summed E-state index contributed by atoms with van der Waals surface area (Å²) in [5, 5.41) is 0. The van der Waals surface area contributed by atoms with Crippen molar-refractivity contribution in [1.82, 2.24) is 0 Å². The van der Waals surface area contributed by atoms with Crippen molar-refractivity contribution in [2.75, 3.05) is 12.9 Å². The lowest BCUT2D eigenvalue weighted by atomic mass is 10.1. The molecular formula is C10H14O3S2. The fourth-order valence-electron chi connectivity index (χ4n) is 1.34. The molecule has 1 aromatic carbocycles. The number of hydrogen-bond acceptors (Lipinski definition) is 3. The number of rotatable bonds is 5. The Morgan fingerprint density at radius 3 is 2.40 bits per heavy atom. The van der Waals surface area contributed by atoms with Crippen molar-refractivity contribution in [3.63, 3.8) is 0 Å². The quantitative estimate of drug-likeness (QED) is 0.638. The highest BCUT2D eigenvalue weighted by Crippen LogP contribution is 2.21. The highest BCUT2D eigenvalue weighted by molar-refractivity contribution is 8.63. The molecule has 15 heavy (non-hydrogen) atoms. The van der Waals surface area contributed by atoms with Gasteiger partial charge in [-0.3, -0.25) is 0 Å². The summed E-state index contributed by atoms with van der Waals surface area (Å²) in [7, 11) is -1.65. The van der Waals surface area contributed by atoms with Gasteiger partial charge in [0.15, 0.2) is 8.87 Å². The SMILES string of the molecule is CO[C@H](CCS(=O)(=O)S)c1ccccc1. The lowest BCUT2D eigenvalue weighted by molar-refractivity contribution is 0.101. The molecule has 0 radical (unpaired) electrons. The Morgan fingerprint density at radius 2 is 1.93 bits per heavy atom. The summed E-state index contributed by atoms with van der Waals surface area (Å²) >= 11 is 3.50. The second-order valence-corrected chi connectivity index (χ2v) is 6.45. The van der Waals surface area contributed by atoms with E-state index in [0.29, 0.717) is 6.42 Å². The van der Waals surface area contributed by atoms with Crippen molar-refractivity contribution < 1.29 is 13.2 Å². The van der Waals surface area contributed by atoms with Crippen molar-refractivity contribution in [3.8, 4) is 0 Å². The fourth-order valence-corrected chi connectivity index (χ4v) is 2.17. The molecule has 0 aromatic heterocycles. The zero-order valence-corrected chi connectivity index (χ0v) is 10.2. The second-order valence-electron chi connectivity index (χ2n) is 3.21. The van der Waals surface area contributed by atoms with Crippen LogP contribution in [0.1, 0.15) is 18.1 Å². The Hall–Kier alpha value is -0.520. The summed E-state index contributed by atoms with van der Waals surface area (Å²) < 4.78 is 27.0. The van der Waals surface area contributed by atoms with Crippen LogP contribution in [0.4, 0.5) is 0 Å². The molecule has 1 aromatic rings. The molecule has 0 aliphatic rings. The van der Waals surface area contributed by atoms with Gasteiger partial charge < -0.3 is 4.74 Å². The van der Waals surface area contributed by atoms with Gasteiger partial charge in [-0.1, -0.05) is 30.3 Å². The fraction of sp³-hybridized carbons (Fsp3) is 0.400. The summed E-state index contributed by atoms with van der Waals surface area (Å²) in [4.78, 5) is 0. The Labute approximate surface area is 95.2 Å². The zero-order chi connectivity index (χ0) is 11.3. The molecule has 0 heterocycles. The number of ether oxygens (including phenoxy) is 1. The predicted molar refractivity (Wildman–Crippen MR) is 63.6 cm³/mol. The standard InChI is InChI=1S/C10H14O3S2/c1-13-10(7-8-15(11,12)14)9-5-3-2-4-6-9/h2-6,10H,7-8H2,1H3,(H,11,12,14)/t10-/m1/s1. The van der Waals surface area contributed by atoms with Crippen LogP contribution in [-0.4, -0.2) is 21.3 Å². The van der Waals surface area contributed by atoms with Crippen LogP contribution in [0.5, 0.6) is 0 Å². The van der Waals surface area contributed by atoms with Gasteiger partial charge in [-0.15, -0.1) is 0 Å². The summed E-state index contributed by atoms with van der Waals surface area (Å²) in [5.74, 6) is 0.0174. The molecule has 3 nitrogen and oxygen atoms in total. The van der Waals surface area contributed by atoms with Gasteiger partial charge in [-0.25, -0.2) is 8.42 Å². The first-order valence-electron chi connectivity index (χ1n) is 4.56. The average Bonchev–Trinajstić information content (AvgIpc) is 2.19. The topological polar surface area (TPSA) is 43.4 Å². The lowest BCUT2D eigenvalue weighted by Gasteiger charge is -2.14. The molecule has 1 atom stereocenters. The Kier molecular flexibility index (Phi) is 4.63. The molecule has 0 aliphatic carbocycles. The number of benzene rings is 1. The highest BCUT2D eigenvalue weighted by atomic mass is 33.1. The molecule has 0 saturated carbocycles. The minimum absolute atomic E-state index is 0.0174. The third-order valence-corrected chi connectivity index (χ3v) is 3.39. The van der Waals surface area contributed by atoms with E-state index in [2.05, 4.69) is 11.7 Å². The molecule has 5 heteroatoms. The van der Waals surface area contributed by atoms with Gasteiger partial charge in [-0.05, 0) is 23.6 Å². The van der Waals surface area contributed by atoms with Gasteiger partial charge in [0.1, 0.15) is 0 Å². The Bertz CT molecular complexity index is 386. The van der Waals surface area contributed by atoms with Crippen LogP contribution in [0.3, 0.4) is 0 Å². The minimum Gasteiger partial charge on any atom is -0.377 e. The smallest absolute Gasteiger partial charge is 0.198 e. The van der Waals surface area contributed by atoms with Gasteiger partial charge in [0.2, 0.25) is 0 Å². The number of thiol groups is 1. The summed E-state index contributed by atoms with van der Waals surface area (Å²) in [6.45, 7) is 0. The van der Waals surface area contributed by atoms with Gasteiger partial charge >= 0.3 is 0 Å². The van der Waals surface area contributed by atoms with Crippen LogP contribution in [0.15, 0.2) is 30.3 Å². The maximum absolute atomic E-state index is 10.9. The van der Waals surface area contributed by atoms with Crippen LogP contribution in [0.25, 0.3) is 0 Å². The normalized spacial score (nSPS) is 13.7. The third-order valence-electron chi connectivity index (χ3n) is 2.09. The van der Waals surface area contributed by atoms with Crippen molar-refractivity contribution in [2.45, 2.75) is 12.5 Å². The Morgan fingerprint density at radius 1 is 1.33 bits per heavy atom. The first-order valence-corrected chi connectivity index (χ1v) is 7.26. The minimum atomic E-state index is -3.22. The van der Waals surface area contributed by atoms with Gasteiger partial charge in [0.25, 0.3) is 0 Å². The predicted octanol–water partition coefficient (Wildman–Crippen LogP) is 2.02. The van der Waals surface area contributed by atoms with Crippen molar-refractivity contribution in [3.05, 3.63) is 35.9 Å². The zero-order valence-electron chi connectivity index (χ0n) is 8.46. The molecule has 0 N–H and O–H groups in total. The summed E-state index contributed by atoms with van der Waals surface area (Å²) in [5.41, 5.74) is 0.983. The molecule has 0 unspecified atom stereocenters. The van der Waals surface area contributed by atoms with E-state index in [0.717, 1.165) is 5.56 Å². The molecule has 0 amide bonds. The van der Waals surface area contributed by atoms with Gasteiger partial charge in [0.05, 0.1) is 11.9 Å². The van der Waals surface area contributed by atoms with E-state index >= 15 is 0 Å². The second kappa shape index (κ2) is 5.53. The van der Waals surface area contributed by atoms with E-state index in [1.807, 2.05) is 30.3 Å². The van der Waals surface area contributed by atoms with Crippen molar-refractivity contribution in [1.29, 1.82) is 0 Å². The largest absolute Gasteiger partial charge is 0.377 e. The molecule has 0 bridgehead atoms. The average molecular weight is 246 g/mol. The van der Waals surface area contributed by atoms with Crippen molar-refractivity contribution >= 4 is 20.5 Å². The Balaban J connectivity index is 2.66. The molecule has 0 saturated heterocycles. The molecular weight excluding hydrogens is 232 g/mol. The molecule has 84 valence electrons. The van der Waals surface area contributed by atoms with Crippen molar-refractivity contribution in [2.24, 2.45) is 0 Å². The van der Waals surface area contributed by atoms with Crippen LogP contribution in [0.2, 0.25) is 0 Å². The molecule has 0 fully saturated rings. The van der Waals surface area contributed by atoms with Gasteiger partial charge in [0, 0.05) is 7.11 Å². The molecule has 1 rings (SSSR count). The van der Waals surface area contributed by atoms with E-state index in [1.165, 1.54) is 0 Å². The van der Waals surface area contributed by atoms with E-state index < -0.39 is 8.87 Å². The van der Waals surface area contributed by atoms with E-state index in [1.54, 1.807) is 7.11 Å². The first kappa shape index (κ1) is 12.5. The maximum Gasteiger partial charge on any atom is 0.198 e. The lowest BCUT2D eigenvalue weighted by Crippen LogP contribution is -2.07.